The van der Waals surface area contributed by atoms with E-state index in [1.54, 1.807) is 73.2 Å². The molecule has 1 fully saturated rings. The molecule has 202 valence electrons. The lowest BCUT2D eigenvalue weighted by atomic mass is 10.2. The maximum Gasteiger partial charge on any atom is 0.267 e. The van der Waals surface area contributed by atoms with Crippen LogP contribution in [0.5, 0.6) is 5.75 Å². The van der Waals surface area contributed by atoms with Crippen molar-refractivity contribution in [2.24, 2.45) is 10.2 Å². The number of amidine groups is 1. The molecule has 0 saturated carbocycles. The van der Waals surface area contributed by atoms with E-state index in [9.17, 15) is 9.59 Å². The average molecular weight is 612 g/mol. The molecule has 2 aromatic heterocycles. The third-order valence-electron chi connectivity index (χ3n) is 5.40. The van der Waals surface area contributed by atoms with Crippen LogP contribution in [0.15, 0.2) is 97.9 Å². The minimum absolute atomic E-state index is 0.188. The molecule has 0 bridgehead atoms. The van der Waals surface area contributed by atoms with Crippen LogP contribution in [0.4, 0.5) is 5.69 Å². The standard InChI is InChI=1S/C28H20Cl2N4O4S2/c29-19-5-8-21(9-6-19)32-26(35)17-38-24-10-7-20(30)13-18(24)14-25-27(36)34(16-22-3-1-11-37-22)28(40-25)33-31-15-23-4-2-12-39-23/h1-15H,16-17H2,(H,32,35)/b25-14-,31-15+,33-28-. The normalized spacial score (nSPS) is 15.4. The van der Waals surface area contributed by atoms with E-state index in [0.29, 0.717) is 42.9 Å². The summed E-state index contributed by atoms with van der Waals surface area (Å²) in [7, 11) is 0. The summed E-state index contributed by atoms with van der Waals surface area (Å²) >= 11 is 14.9. The van der Waals surface area contributed by atoms with Gasteiger partial charge in [0.05, 0.1) is 23.9 Å². The number of hydrogen-bond acceptors (Lipinski definition) is 8. The number of rotatable bonds is 9. The van der Waals surface area contributed by atoms with E-state index in [4.69, 9.17) is 32.4 Å². The fraction of sp³-hybridized carbons (Fsp3) is 0.0714. The van der Waals surface area contributed by atoms with Crippen molar-refractivity contribution in [2.75, 3.05) is 11.9 Å². The number of anilines is 1. The number of halogens is 2. The number of carbonyl (C=O) groups excluding carboxylic acids is 2. The molecule has 8 nitrogen and oxygen atoms in total. The number of furan rings is 1. The summed E-state index contributed by atoms with van der Waals surface area (Å²) in [5.74, 6) is 0.349. The monoisotopic (exact) mass is 610 g/mol. The molecule has 1 aliphatic heterocycles. The SMILES string of the molecule is O=C(COc1ccc(Cl)cc1/C=C1\S/C(=N\N=C\c2cccs2)N(Cc2ccco2)C1=O)Nc1ccc(Cl)cc1. The number of thioether (sulfide) groups is 1. The number of ether oxygens (including phenoxy) is 1. The van der Waals surface area contributed by atoms with Crippen molar-refractivity contribution in [3.63, 3.8) is 0 Å². The van der Waals surface area contributed by atoms with E-state index >= 15 is 0 Å². The fourth-order valence-corrected chi connectivity index (χ4v) is 5.37. The molecule has 1 N–H and O–H groups in total. The highest BCUT2D eigenvalue weighted by atomic mass is 35.5. The first kappa shape index (κ1) is 27.7. The summed E-state index contributed by atoms with van der Waals surface area (Å²) in [5.41, 5.74) is 1.12. The molecule has 4 aromatic rings. The van der Waals surface area contributed by atoms with Crippen LogP contribution in [0.25, 0.3) is 6.08 Å². The smallest absolute Gasteiger partial charge is 0.267 e. The Balaban J connectivity index is 1.35. The first-order chi connectivity index (χ1) is 19.4. The van der Waals surface area contributed by atoms with Gasteiger partial charge in [0.15, 0.2) is 11.8 Å². The van der Waals surface area contributed by atoms with Gasteiger partial charge in [-0.05, 0) is 83.9 Å². The van der Waals surface area contributed by atoms with Crippen molar-refractivity contribution >= 4 is 81.3 Å². The van der Waals surface area contributed by atoms with Gasteiger partial charge in [-0.15, -0.1) is 16.4 Å². The highest BCUT2D eigenvalue weighted by Gasteiger charge is 2.34. The summed E-state index contributed by atoms with van der Waals surface area (Å²) < 4.78 is 11.2. The van der Waals surface area contributed by atoms with Gasteiger partial charge in [0.25, 0.3) is 11.8 Å². The fourth-order valence-electron chi connectivity index (χ4n) is 3.56. The zero-order valence-electron chi connectivity index (χ0n) is 20.6. The van der Waals surface area contributed by atoms with E-state index < -0.39 is 0 Å². The van der Waals surface area contributed by atoms with Gasteiger partial charge in [0, 0.05) is 26.2 Å². The van der Waals surface area contributed by atoms with Gasteiger partial charge in [-0.2, -0.15) is 5.10 Å². The largest absolute Gasteiger partial charge is 0.483 e. The van der Waals surface area contributed by atoms with Crippen LogP contribution >= 0.6 is 46.3 Å². The van der Waals surface area contributed by atoms with Gasteiger partial charge in [0.1, 0.15) is 11.5 Å². The lowest BCUT2D eigenvalue weighted by Gasteiger charge is -2.13. The van der Waals surface area contributed by atoms with Crippen LogP contribution in [0.3, 0.4) is 0 Å². The molecule has 40 heavy (non-hydrogen) atoms. The van der Waals surface area contributed by atoms with E-state index in [2.05, 4.69) is 15.5 Å². The highest BCUT2D eigenvalue weighted by molar-refractivity contribution is 8.18. The number of hydrogen-bond donors (Lipinski definition) is 1. The molecule has 0 unspecified atom stereocenters. The Morgan fingerprint density at radius 3 is 2.65 bits per heavy atom. The van der Waals surface area contributed by atoms with Crippen molar-refractivity contribution in [1.82, 2.24) is 4.90 Å². The summed E-state index contributed by atoms with van der Waals surface area (Å²) in [6, 6.07) is 19.1. The Labute approximate surface area is 247 Å². The molecular weight excluding hydrogens is 591 g/mol. The second-order valence-electron chi connectivity index (χ2n) is 8.25. The van der Waals surface area contributed by atoms with Gasteiger partial charge in [-0.1, -0.05) is 29.3 Å². The van der Waals surface area contributed by atoms with Crippen LogP contribution in [-0.2, 0) is 16.1 Å². The maximum absolute atomic E-state index is 13.4. The summed E-state index contributed by atoms with van der Waals surface area (Å²) in [6.07, 6.45) is 4.84. The second kappa shape index (κ2) is 13.0. The lowest BCUT2D eigenvalue weighted by molar-refractivity contribution is -0.122. The van der Waals surface area contributed by atoms with Gasteiger partial charge in [-0.3, -0.25) is 14.5 Å². The predicted molar refractivity (Wildman–Crippen MR) is 161 cm³/mol. The number of amides is 2. The maximum atomic E-state index is 13.4. The molecule has 0 radical (unpaired) electrons. The second-order valence-corrected chi connectivity index (χ2v) is 11.1. The molecule has 2 amide bonds. The zero-order valence-corrected chi connectivity index (χ0v) is 23.8. The lowest BCUT2D eigenvalue weighted by Crippen LogP contribution is -2.28. The van der Waals surface area contributed by atoms with Crippen LogP contribution in [0.1, 0.15) is 16.2 Å². The van der Waals surface area contributed by atoms with E-state index in [1.165, 1.54) is 28.0 Å². The third-order valence-corrected chi connectivity index (χ3v) is 7.69. The molecule has 12 heteroatoms. The first-order valence-electron chi connectivity index (χ1n) is 11.8. The topological polar surface area (TPSA) is 96.5 Å². The Kier molecular flexibility index (Phi) is 9.02. The van der Waals surface area contributed by atoms with Crippen LogP contribution in [-0.4, -0.2) is 34.7 Å². The van der Waals surface area contributed by atoms with Crippen molar-refractivity contribution in [1.29, 1.82) is 0 Å². The van der Waals surface area contributed by atoms with Crippen LogP contribution < -0.4 is 10.1 Å². The number of nitrogens with zero attached hydrogens (tertiary/aromatic N) is 3. The summed E-state index contributed by atoms with van der Waals surface area (Å²) in [5, 5.41) is 14.6. The van der Waals surface area contributed by atoms with Crippen molar-refractivity contribution < 1.29 is 18.7 Å². The average Bonchev–Trinajstić information content (AvgIpc) is 3.70. The number of nitrogens with one attached hydrogen (secondary N) is 1. The number of thiophene rings is 1. The summed E-state index contributed by atoms with van der Waals surface area (Å²) in [6.45, 7) is -0.0659. The van der Waals surface area contributed by atoms with E-state index in [1.807, 2.05) is 17.5 Å². The predicted octanol–water partition coefficient (Wildman–Crippen LogP) is 7.17. The van der Waals surface area contributed by atoms with Crippen molar-refractivity contribution in [3.05, 3.63) is 110 Å². The van der Waals surface area contributed by atoms with Crippen molar-refractivity contribution in [2.45, 2.75) is 6.54 Å². The Hall–Kier alpha value is -3.83. The Bertz CT molecular complexity index is 1580. The number of benzene rings is 2. The number of carbonyl (C=O) groups is 2. The highest BCUT2D eigenvalue weighted by Crippen LogP contribution is 2.36. The molecular formula is C28H20Cl2N4O4S2. The molecule has 0 atom stereocenters. The molecule has 1 saturated heterocycles. The van der Waals surface area contributed by atoms with E-state index in [-0.39, 0.29) is 25.0 Å². The molecule has 2 aromatic carbocycles. The molecule has 0 aliphatic carbocycles. The third kappa shape index (κ3) is 7.22. The first-order valence-corrected chi connectivity index (χ1v) is 14.3. The van der Waals surface area contributed by atoms with Crippen molar-refractivity contribution in [3.8, 4) is 5.75 Å². The zero-order chi connectivity index (χ0) is 27.9. The van der Waals surface area contributed by atoms with Crippen LogP contribution in [0.2, 0.25) is 10.0 Å². The van der Waals surface area contributed by atoms with Crippen LogP contribution in [0, 0.1) is 0 Å². The van der Waals surface area contributed by atoms with Gasteiger partial charge >= 0.3 is 0 Å². The summed E-state index contributed by atoms with van der Waals surface area (Å²) in [4.78, 5) is 28.7. The molecule has 5 rings (SSSR count). The Morgan fingerprint density at radius 1 is 1.07 bits per heavy atom. The quantitative estimate of drug-likeness (QED) is 0.123. The molecule has 3 heterocycles. The molecule has 0 spiro atoms. The minimum atomic E-state index is -0.357. The van der Waals surface area contributed by atoms with Gasteiger partial charge in [-0.25, -0.2) is 0 Å². The van der Waals surface area contributed by atoms with Gasteiger partial charge < -0.3 is 14.5 Å². The minimum Gasteiger partial charge on any atom is -0.483 e. The van der Waals surface area contributed by atoms with Gasteiger partial charge in [0.2, 0.25) is 0 Å². The Morgan fingerprint density at radius 2 is 1.90 bits per heavy atom. The van der Waals surface area contributed by atoms with E-state index in [0.717, 1.165) is 4.88 Å². The molecule has 1 aliphatic rings.